The molecule has 5 heteroatoms. The normalized spacial score (nSPS) is 11.5. The molecule has 0 aliphatic heterocycles. The number of rotatable bonds is 6. The summed E-state index contributed by atoms with van der Waals surface area (Å²) in [6, 6.07) is 62.0. The van der Waals surface area contributed by atoms with Crippen LogP contribution >= 0.6 is 11.3 Å². The van der Waals surface area contributed by atoms with Crippen molar-refractivity contribution in [3.63, 3.8) is 0 Å². The van der Waals surface area contributed by atoms with Crippen molar-refractivity contribution in [2.45, 2.75) is 0 Å². The van der Waals surface area contributed by atoms with Crippen molar-refractivity contribution >= 4 is 42.5 Å². The number of nitrogens with zero attached hydrogens (tertiary/aromatic N) is 4. The first kappa shape index (κ1) is 31.1. The Morgan fingerprint density at radius 2 is 0.925 bits per heavy atom. The van der Waals surface area contributed by atoms with Gasteiger partial charge in [-0.05, 0) is 58.7 Å². The van der Waals surface area contributed by atoms with E-state index in [1.165, 1.54) is 31.3 Å². The molecule has 7 aromatic carbocycles. The van der Waals surface area contributed by atoms with Crippen LogP contribution in [-0.4, -0.2) is 19.5 Å². The van der Waals surface area contributed by atoms with Gasteiger partial charge in [-0.25, -0.2) is 15.0 Å². The Balaban J connectivity index is 0.989. The van der Waals surface area contributed by atoms with E-state index in [0.29, 0.717) is 5.82 Å². The first-order chi connectivity index (χ1) is 26.1. The van der Waals surface area contributed by atoms with Gasteiger partial charge >= 0.3 is 0 Å². The fourth-order valence-electron chi connectivity index (χ4n) is 7.25. The molecule has 10 rings (SSSR count). The summed E-state index contributed by atoms with van der Waals surface area (Å²) in [5.41, 5.74) is 12.7. The third-order valence-corrected chi connectivity index (χ3v) is 11.2. The van der Waals surface area contributed by atoms with E-state index in [4.69, 9.17) is 15.0 Å². The standard InChI is InChI=1S/C48H32N4S/c1-52-44-29-38(24-26-41(44)51-48(52)36-12-6-3-7-13-36)32-18-22-34(23-19-32)43-30-42(49-47(50-43)35-10-4-2-5-11-35)33-20-16-31(17-21-33)37-25-27-46-40(28-37)39-14-8-9-15-45(39)53-46/h2-30H,1H3. The number of thiophene rings is 1. The molecule has 0 spiro atoms. The summed E-state index contributed by atoms with van der Waals surface area (Å²) >= 11 is 1.85. The lowest BCUT2D eigenvalue weighted by Crippen LogP contribution is -1.96. The monoisotopic (exact) mass is 696 g/mol. The van der Waals surface area contributed by atoms with Crippen molar-refractivity contribution < 1.29 is 0 Å². The van der Waals surface area contributed by atoms with E-state index in [2.05, 4.69) is 163 Å². The van der Waals surface area contributed by atoms with Gasteiger partial charge in [0.15, 0.2) is 5.82 Å². The predicted molar refractivity (Wildman–Crippen MR) is 222 cm³/mol. The van der Waals surface area contributed by atoms with E-state index < -0.39 is 0 Å². The predicted octanol–water partition coefficient (Wildman–Crippen LogP) is 12.7. The van der Waals surface area contributed by atoms with Crippen molar-refractivity contribution in [1.82, 2.24) is 19.5 Å². The maximum Gasteiger partial charge on any atom is 0.160 e. The second kappa shape index (κ2) is 12.8. The summed E-state index contributed by atoms with van der Waals surface area (Å²) in [5, 5.41) is 2.62. The van der Waals surface area contributed by atoms with E-state index in [0.717, 1.165) is 61.6 Å². The molecular formula is C48H32N4S. The first-order valence-electron chi connectivity index (χ1n) is 17.7. The number of aromatic nitrogens is 4. The molecule has 0 N–H and O–H groups in total. The third-order valence-electron chi connectivity index (χ3n) is 10.1. The Bertz CT molecular complexity index is 2930. The van der Waals surface area contributed by atoms with Gasteiger partial charge in [0.25, 0.3) is 0 Å². The van der Waals surface area contributed by atoms with Crippen LogP contribution in [0.25, 0.3) is 98.7 Å². The molecule has 0 saturated carbocycles. The zero-order chi connectivity index (χ0) is 35.3. The van der Waals surface area contributed by atoms with Crippen LogP contribution in [0.1, 0.15) is 0 Å². The van der Waals surface area contributed by atoms with E-state index in [1.807, 2.05) is 35.6 Å². The maximum absolute atomic E-state index is 5.08. The zero-order valence-corrected chi connectivity index (χ0v) is 29.8. The van der Waals surface area contributed by atoms with Gasteiger partial charge in [-0.1, -0.05) is 140 Å². The van der Waals surface area contributed by atoms with Crippen molar-refractivity contribution in [2.24, 2.45) is 7.05 Å². The van der Waals surface area contributed by atoms with Crippen LogP contribution < -0.4 is 0 Å². The SMILES string of the molecule is Cn1c(-c2ccccc2)nc2ccc(-c3ccc(-c4cc(-c5ccc(-c6ccc7sc8ccccc8c7c6)cc5)nc(-c5ccccc5)n4)cc3)cc21. The average Bonchev–Trinajstić information content (AvgIpc) is 3.78. The second-order valence-corrected chi connectivity index (χ2v) is 14.4. The number of aryl methyl sites for hydroxylation is 1. The van der Waals surface area contributed by atoms with Gasteiger partial charge in [-0.3, -0.25) is 0 Å². The van der Waals surface area contributed by atoms with Crippen molar-refractivity contribution in [3.8, 4) is 67.5 Å². The van der Waals surface area contributed by atoms with Gasteiger partial charge < -0.3 is 4.57 Å². The summed E-state index contributed by atoms with van der Waals surface area (Å²) in [6.45, 7) is 0. The van der Waals surface area contributed by atoms with Gasteiger partial charge in [0.2, 0.25) is 0 Å². The average molecular weight is 697 g/mol. The van der Waals surface area contributed by atoms with Crippen LogP contribution in [0.15, 0.2) is 176 Å². The highest BCUT2D eigenvalue weighted by molar-refractivity contribution is 7.25. The number of benzene rings is 7. The quantitative estimate of drug-likeness (QED) is 0.174. The number of hydrogen-bond donors (Lipinski definition) is 0. The highest BCUT2D eigenvalue weighted by atomic mass is 32.1. The summed E-state index contributed by atoms with van der Waals surface area (Å²) in [6.07, 6.45) is 0. The molecule has 3 heterocycles. The molecule has 3 aromatic heterocycles. The minimum atomic E-state index is 0.705. The molecule has 0 radical (unpaired) electrons. The fraction of sp³-hybridized carbons (Fsp3) is 0.0208. The number of fused-ring (bicyclic) bond motifs is 4. The zero-order valence-electron chi connectivity index (χ0n) is 28.9. The third kappa shape index (κ3) is 5.68. The molecular weight excluding hydrogens is 665 g/mol. The maximum atomic E-state index is 5.08. The summed E-state index contributed by atoms with van der Waals surface area (Å²) < 4.78 is 4.81. The topological polar surface area (TPSA) is 43.6 Å². The molecule has 0 atom stereocenters. The Kier molecular flexibility index (Phi) is 7.52. The first-order valence-corrected chi connectivity index (χ1v) is 18.6. The number of hydrogen-bond acceptors (Lipinski definition) is 4. The van der Waals surface area contributed by atoms with Crippen molar-refractivity contribution in [1.29, 1.82) is 0 Å². The Morgan fingerprint density at radius 1 is 0.396 bits per heavy atom. The van der Waals surface area contributed by atoms with Crippen LogP contribution in [-0.2, 0) is 7.05 Å². The molecule has 10 aromatic rings. The number of imidazole rings is 1. The van der Waals surface area contributed by atoms with Crippen LogP contribution in [0, 0.1) is 0 Å². The molecule has 0 unspecified atom stereocenters. The molecule has 250 valence electrons. The van der Waals surface area contributed by atoms with E-state index in [9.17, 15) is 0 Å². The lowest BCUT2D eigenvalue weighted by Gasteiger charge is -2.11. The van der Waals surface area contributed by atoms with Crippen LogP contribution in [0.3, 0.4) is 0 Å². The largest absolute Gasteiger partial charge is 0.327 e. The van der Waals surface area contributed by atoms with Gasteiger partial charge in [0, 0.05) is 49.5 Å². The van der Waals surface area contributed by atoms with Gasteiger partial charge in [0.1, 0.15) is 5.82 Å². The van der Waals surface area contributed by atoms with Gasteiger partial charge in [-0.2, -0.15) is 0 Å². The smallest absolute Gasteiger partial charge is 0.160 e. The fourth-order valence-corrected chi connectivity index (χ4v) is 8.33. The van der Waals surface area contributed by atoms with E-state index in [-0.39, 0.29) is 0 Å². The van der Waals surface area contributed by atoms with Gasteiger partial charge in [0.05, 0.1) is 22.4 Å². The highest BCUT2D eigenvalue weighted by Crippen LogP contribution is 2.37. The van der Waals surface area contributed by atoms with Crippen molar-refractivity contribution in [2.75, 3.05) is 0 Å². The van der Waals surface area contributed by atoms with E-state index in [1.54, 1.807) is 0 Å². The van der Waals surface area contributed by atoms with Crippen molar-refractivity contribution in [3.05, 3.63) is 176 Å². The molecule has 4 nitrogen and oxygen atoms in total. The van der Waals surface area contributed by atoms with E-state index >= 15 is 0 Å². The molecule has 0 aliphatic rings. The molecule has 0 bridgehead atoms. The molecule has 0 fully saturated rings. The Hall–Kier alpha value is -6.69. The minimum Gasteiger partial charge on any atom is -0.327 e. The Morgan fingerprint density at radius 3 is 1.60 bits per heavy atom. The molecule has 53 heavy (non-hydrogen) atoms. The molecule has 0 aliphatic carbocycles. The lowest BCUT2D eigenvalue weighted by molar-refractivity contribution is 0.959. The summed E-state index contributed by atoms with van der Waals surface area (Å²) in [7, 11) is 2.08. The molecule has 0 saturated heterocycles. The van der Waals surface area contributed by atoms with Crippen LogP contribution in [0.2, 0.25) is 0 Å². The van der Waals surface area contributed by atoms with Crippen LogP contribution in [0.4, 0.5) is 0 Å². The summed E-state index contributed by atoms with van der Waals surface area (Å²) in [5.74, 6) is 1.67. The molecule has 0 amide bonds. The second-order valence-electron chi connectivity index (χ2n) is 13.4. The van der Waals surface area contributed by atoms with Gasteiger partial charge in [-0.15, -0.1) is 11.3 Å². The Labute approximate surface area is 311 Å². The summed E-state index contributed by atoms with van der Waals surface area (Å²) in [4.78, 5) is 15.1. The lowest BCUT2D eigenvalue weighted by atomic mass is 9.99. The minimum absolute atomic E-state index is 0.705. The highest BCUT2D eigenvalue weighted by Gasteiger charge is 2.14. The van der Waals surface area contributed by atoms with Crippen LogP contribution in [0.5, 0.6) is 0 Å².